The molecule has 1 aliphatic heterocycles. The molecule has 1 aromatic heterocycles. The van der Waals surface area contributed by atoms with Crippen molar-refractivity contribution >= 4 is 24.2 Å². The molecule has 1 unspecified atom stereocenters. The van der Waals surface area contributed by atoms with Gasteiger partial charge in [0.25, 0.3) is 0 Å². The van der Waals surface area contributed by atoms with Crippen LogP contribution < -0.4 is 10.2 Å². The Kier molecular flexibility index (Phi) is 7.38. The Morgan fingerprint density at radius 2 is 1.81 bits per heavy atom. The maximum absolute atomic E-state index is 14.9. The average Bonchev–Trinajstić information content (AvgIpc) is 2.80. The van der Waals surface area contributed by atoms with Crippen molar-refractivity contribution in [2.75, 3.05) is 25.0 Å². The number of likely N-dealkylation sites (N-methyl/N-ethyl adjacent to an activating group) is 1. The van der Waals surface area contributed by atoms with Gasteiger partial charge in [-0.25, -0.2) is 18.7 Å². The summed E-state index contributed by atoms with van der Waals surface area (Å²) in [5, 5.41) is 2.41. The maximum atomic E-state index is 14.9. The minimum atomic E-state index is -1.06. The van der Waals surface area contributed by atoms with Gasteiger partial charge in [-0.1, -0.05) is 0 Å². The van der Waals surface area contributed by atoms with Gasteiger partial charge in [-0.2, -0.15) is 0 Å². The van der Waals surface area contributed by atoms with Crippen LogP contribution in [0.3, 0.4) is 0 Å². The van der Waals surface area contributed by atoms with Gasteiger partial charge >= 0.3 is 0 Å². The van der Waals surface area contributed by atoms with E-state index < -0.39 is 23.5 Å². The van der Waals surface area contributed by atoms with Crippen LogP contribution >= 0.6 is 0 Å². The SMILES string of the molecule is CNC(=O)C(CCC=O)c1c(F)cc(C2CCN(c3cnc(C=O)nc3)CC2)cc1F. The number of hydrogen-bond donors (Lipinski definition) is 1. The lowest BCUT2D eigenvalue weighted by Crippen LogP contribution is -2.33. The highest BCUT2D eigenvalue weighted by Gasteiger charge is 2.29. The molecule has 9 heteroatoms. The standard InChI is InChI=1S/C22H24F2N4O3/c1-25-22(31)17(3-2-8-29)21-18(23)9-15(10-19(21)24)14-4-6-28(7-5-14)16-11-26-20(13-30)27-12-16/h8-14,17H,2-7H2,1H3,(H,25,31). The molecule has 1 atom stereocenters. The fourth-order valence-electron chi connectivity index (χ4n) is 4.01. The van der Waals surface area contributed by atoms with Crippen LogP contribution in [0.4, 0.5) is 14.5 Å². The highest BCUT2D eigenvalue weighted by molar-refractivity contribution is 5.83. The van der Waals surface area contributed by atoms with Crippen molar-refractivity contribution in [2.24, 2.45) is 0 Å². The van der Waals surface area contributed by atoms with Crippen molar-refractivity contribution < 1.29 is 23.2 Å². The molecule has 2 heterocycles. The first kappa shape index (κ1) is 22.5. The lowest BCUT2D eigenvalue weighted by Gasteiger charge is -2.33. The van der Waals surface area contributed by atoms with Crippen LogP contribution in [0.5, 0.6) is 0 Å². The summed E-state index contributed by atoms with van der Waals surface area (Å²) in [5.41, 5.74) is 1.05. The number of aldehydes is 2. The van der Waals surface area contributed by atoms with Crippen molar-refractivity contribution in [1.29, 1.82) is 0 Å². The maximum Gasteiger partial charge on any atom is 0.227 e. The molecule has 0 saturated carbocycles. The molecule has 1 aromatic carbocycles. The van der Waals surface area contributed by atoms with Gasteiger partial charge in [-0.3, -0.25) is 9.59 Å². The Labute approximate surface area is 178 Å². The van der Waals surface area contributed by atoms with Gasteiger partial charge < -0.3 is 15.0 Å². The van der Waals surface area contributed by atoms with E-state index in [2.05, 4.69) is 20.2 Å². The molecule has 2 aromatic rings. The number of rotatable bonds is 8. The first-order valence-corrected chi connectivity index (χ1v) is 10.1. The highest BCUT2D eigenvalue weighted by Crippen LogP contribution is 2.34. The van der Waals surface area contributed by atoms with Crippen molar-refractivity contribution in [3.05, 3.63) is 53.1 Å². The molecule has 0 bridgehead atoms. The zero-order valence-corrected chi connectivity index (χ0v) is 17.2. The Hall–Kier alpha value is -3.23. The van der Waals surface area contributed by atoms with Gasteiger partial charge in [0.2, 0.25) is 5.91 Å². The van der Waals surface area contributed by atoms with Crippen LogP contribution in [0.1, 0.15) is 59.3 Å². The van der Waals surface area contributed by atoms with Gasteiger partial charge in [0.15, 0.2) is 12.1 Å². The van der Waals surface area contributed by atoms with E-state index in [4.69, 9.17) is 0 Å². The largest absolute Gasteiger partial charge is 0.369 e. The second-order valence-corrected chi connectivity index (χ2v) is 7.49. The third kappa shape index (κ3) is 5.10. The summed E-state index contributed by atoms with van der Waals surface area (Å²) in [6.07, 6.45) is 5.82. The second kappa shape index (κ2) is 10.2. The predicted octanol–water partition coefficient (Wildman–Crippen LogP) is 2.76. The number of nitrogens with one attached hydrogen (secondary N) is 1. The topological polar surface area (TPSA) is 92.3 Å². The average molecular weight is 430 g/mol. The number of carbonyl (C=O) groups is 3. The Morgan fingerprint density at radius 3 is 2.32 bits per heavy atom. The molecule has 1 aliphatic rings. The predicted molar refractivity (Wildman–Crippen MR) is 110 cm³/mol. The Bertz CT molecular complexity index is 921. The molecular formula is C22H24F2N4O3. The minimum Gasteiger partial charge on any atom is -0.369 e. The van der Waals surface area contributed by atoms with Crippen LogP contribution in [-0.2, 0) is 9.59 Å². The van der Waals surface area contributed by atoms with E-state index in [1.54, 1.807) is 12.4 Å². The number of aromatic nitrogens is 2. The quantitative estimate of drug-likeness (QED) is 0.648. The van der Waals surface area contributed by atoms with E-state index in [1.807, 2.05) is 0 Å². The number of carbonyl (C=O) groups excluding carboxylic acids is 3. The van der Waals surface area contributed by atoms with Crippen LogP contribution in [0.25, 0.3) is 0 Å². The van der Waals surface area contributed by atoms with Crippen molar-refractivity contribution in [3.8, 4) is 0 Å². The van der Waals surface area contributed by atoms with Crippen LogP contribution in [0.15, 0.2) is 24.5 Å². The third-order valence-electron chi connectivity index (χ3n) is 5.68. The molecule has 31 heavy (non-hydrogen) atoms. The second-order valence-electron chi connectivity index (χ2n) is 7.49. The van der Waals surface area contributed by atoms with Crippen molar-refractivity contribution in [3.63, 3.8) is 0 Å². The molecule has 7 nitrogen and oxygen atoms in total. The summed E-state index contributed by atoms with van der Waals surface area (Å²) in [7, 11) is 1.39. The monoisotopic (exact) mass is 430 g/mol. The summed E-state index contributed by atoms with van der Waals surface area (Å²) in [4.78, 5) is 43.5. The lowest BCUT2D eigenvalue weighted by molar-refractivity contribution is -0.122. The Morgan fingerprint density at radius 1 is 1.19 bits per heavy atom. The Balaban J connectivity index is 1.74. The number of nitrogens with zero attached hydrogens (tertiary/aromatic N) is 3. The molecule has 0 spiro atoms. The molecule has 1 saturated heterocycles. The number of piperidine rings is 1. The summed E-state index contributed by atoms with van der Waals surface area (Å²) in [6, 6.07) is 2.61. The molecule has 1 N–H and O–H groups in total. The molecular weight excluding hydrogens is 406 g/mol. The van der Waals surface area contributed by atoms with Gasteiger partial charge in [-0.15, -0.1) is 0 Å². The van der Waals surface area contributed by atoms with Crippen LogP contribution in [0.2, 0.25) is 0 Å². The fraction of sp³-hybridized carbons (Fsp3) is 0.409. The van der Waals surface area contributed by atoms with Crippen molar-refractivity contribution in [1.82, 2.24) is 15.3 Å². The van der Waals surface area contributed by atoms with E-state index in [0.29, 0.717) is 44.1 Å². The number of halogens is 2. The number of hydrogen-bond acceptors (Lipinski definition) is 6. The van der Waals surface area contributed by atoms with E-state index in [0.717, 1.165) is 5.69 Å². The summed E-state index contributed by atoms with van der Waals surface area (Å²) >= 11 is 0. The number of benzene rings is 1. The van der Waals surface area contributed by atoms with Crippen LogP contribution in [-0.4, -0.2) is 48.6 Å². The van der Waals surface area contributed by atoms with Gasteiger partial charge in [0.05, 0.1) is 24.0 Å². The lowest BCUT2D eigenvalue weighted by atomic mass is 9.86. The minimum absolute atomic E-state index is 0.0297. The van der Waals surface area contributed by atoms with E-state index in [9.17, 15) is 23.2 Å². The van der Waals surface area contributed by atoms with Gasteiger partial charge in [-0.05, 0) is 42.9 Å². The van der Waals surface area contributed by atoms with E-state index >= 15 is 0 Å². The van der Waals surface area contributed by atoms with Gasteiger partial charge in [0.1, 0.15) is 17.9 Å². The summed E-state index contributed by atoms with van der Waals surface area (Å²) in [5.74, 6) is -3.03. The number of amides is 1. The van der Waals surface area contributed by atoms with Crippen molar-refractivity contribution in [2.45, 2.75) is 37.5 Å². The normalized spacial score (nSPS) is 15.4. The molecule has 164 valence electrons. The molecule has 0 aliphatic carbocycles. The van der Waals surface area contributed by atoms with E-state index in [1.165, 1.54) is 19.2 Å². The number of anilines is 1. The molecule has 0 radical (unpaired) electrons. The van der Waals surface area contributed by atoms with Gasteiger partial charge in [0, 0.05) is 32.1 Å². The first-order valence-electron chi connectivity index (χ1n) is 10.1. The van der Waals surface area contributed by atoms with Crippen LogP contribution in [0, 0.1) is 11.6 Å². The molecule has 1 fully saturated rings. The fourth-order valence-corrected chi connectivity index (χ4v) is 4.01. The third-order valence-corrected chi connectivity index (χ3v) is 5.68. The zero-order chi connectivity index (χ0) is 22.4. The highest BCUT2D eigenvalue weighted by atomic mass is 19.1. The van der Waals surface area contributed by atoms with E-state index in [-0.39, 0.29) is 30.1 Å². The molecule has 1 amide bonds. The summed E-state index contributed by atoms with van der Waals surface area (Å²) in [6.45, 7) is 1.30. The molecule has 3 rings (SSSR count). The summed E-state index contributed by atoms with van der Waals surface area (Å²) < 4.78 is 29.8. The smallest absolute Gasteiger partial charge is 0.227 e. The first-order chi connectivity index (χ1) is 15.0. The zero-order valence-electron chi connectivity index (χ0n) is 17.2.